The molecule has 2 N–H and O–H groups in total. The fourth-order valence-corrected chi connectivity index (χ4v) is 2.84. The van der Waals surface area contributed by atoms with Crippen LogP contribution in [0.15, 0.2) is 46.5 Å². The van der Waals surface area contributed by atoms with E-state index in [4.69, 9.17) is 16.3 Å². The standard InChI is InChI=1S/C14H14ClN3O3S/c1-20-13-10(22-11-5-3-4-8-16-11)7-6-9(12(13)15)17-18-14(19)21-2/h3-8,17H,1-2H3,(H,18,19). The summed E-state index contributed by atoms with van der Waals surface area (Å²) in [5.74, 6) is 0.494. The summed E-state index contributed by atoms with van der Waals surface area (Å²) in [6, 6.07) is 9.19. The molecule has 1 heterocycles. The Kier molecular flexibility index (Phi) is 5.74. The van der Waals surface area contributed by atoms with Crippen LogP contribution >= 0.6 is 23.4 Å². The number of ether oxygens (including phenoxy) is 2. The molecule has 0 saturated carbocycles. The van der Waals surface area contributed by atoms with Crippen molar-refractivity contribution in [3.05, 3.63) is 41.6 Å². The lowest BCUT2D eigenvalue weighted by Crippen LogP contribution is -2.29. The Balaban J connectivity index is 2.22. The largest absolute Gasteiger partial charge is 0.494 e. The Hall–Kier alpha value is -2.12. The number of pyridine rings is 1. The first-order valence-electron chi connectivity index (χ1n) is 6.21. The van der Waals surface area contributed by atoms with Crippen molar-refractivity contribution >= 4 is 35.1 Å². The second-order valence-electron chi connectivity index (χ2n) is 3.97. The van der Waals surface area contributed by atoms with Gasteiger partial charge in [-0.25, -0.2) is 15.2 Å². The number of hydrogen-bond acceptors (Lipinski definition) is 6. The minimum Gasteiger partial charge on any atom is -0.494 e. The molecule has 0 aliphatic carbocycles. The molecule has 116 valence electrons. The van der Waals surface area contributed by atoms with Crippen LogP contribution < -0.4 is 15.6 Å². The molecule has 0 aliphatic heterocycles. The summed E-state index contributed by atoms with van der Waals surface area (Å²) < 4.78 is 9.83. The van der Waals surface area contributed by atoms with Crippen molar-refractivity contribution < 1.29 is 14.3 Å². The van der Waals surface area contributed by atoms with Crippen LogP contribution in [0.2, 0.25) is 5.02 Å². The number of anilines is 1. The highest BCUT2D eigenvalue weighted by Crippen LogP contribution is 2.42. The van der Waals surface area contributed by atoms with E-state index in [-0.39, 0.29) is 0 Å². The molecule has 1 amide bonds. The molecule has 8 heteroatoms. The van der Waals surface area contributed by atoms with E-state index in [1.165, 1.54) is 26.0 Å². The summed E-state index contributed by atoms with van der Waals surface area (Å²) in [6.07, 6.45) is 1.09. The van der Waals surface area contributed by atoms with Crippen molar-refractivity contribution in [3.8, 4) is 5.75 Å². The van der Waals surface area contributed by atoms with Crippen molar-refractivity contribution in [1.82, 2.24) is 10.4 Å². The molecule has 0 radical (unpaired) electrons. The van der Waals surface area contributed by atoms with Gasteiger partial charge in [0.25, 0.3) is 0 Å². The Labute approximate surface area is 137 Å². The molecule has 0 unspecified atom stereocenters. The maximum atomic E-state index is 11.1. The van der Waals surface area contributed by atoms with Crippen molar-refractivity contribution in [1.29, 1.82) is 0 Å². The smallest absolute Gasteiger partial charge is 0.425 e. The number of aromatic nitrogens is 1. The van der Waals surface area contributed by atoms with Crippen molar-refractivity contribution in [2.24, 2.45) is 0 Å². The third-order valence-corrected chi connectivity index (χ3v) is 3.97. The molecule has 0 bridgehead atoms. The third kappa shape index (κ3) is 3.96. The van der Waals surface area contributed by atoms with E-state index >= 15 is 0 Å². The van der Waals surface area contributed by atoms with Crippen molar-refractivity contribution in [2.75, 3.05) is 19.6 Å². The van der Waals surface area contributed by atoms with Crippen LogP contribution in [0, 0.1) is 0 Å². The van der Waals surface area contributed by atoms with Crippen LogP contribution in [0.25, 0.3) is 0 Å². The quantitative estimate of drug-likeness (QED) is 0.811. The maximum Gasteiger partial charge on any atom is 0.425 e. The van der Waals surface area contributed by atoms with Crippen LogP contribution in [0.3, 0.4) is 0 Å². The predicted molar refractivity (Wildman–Crippen MR) is 85.5 cm³/mol. The molecule has 0 atom stereocenters. The molecule has 0 spiro atoms. The average Bonchev–Trinajstić information content (AvgIpc) is 2.55. The van der Waals surface area contributed by atoms with Gasteiger partial charge < -0.3 is 9.47 Å². The summed E-state index contributed by atoms with van der Waals surface area (Å²) in [6.45, 7) is 0. The molecule has 2 rings (SSSR count). The van der Waals surface area contributed by atoms with Crippen LogP contribution in [0.5, 0.6) is 5.75 Å². The molecule has 1 aromatic heterocycles. The van der Waals surface area contributed by atoms with E-state index in [0.717, 1.165) is 9.92 Å². The minimum absolute atomic E-state index is 0.347. The summed E-state index contributed by atoms with van der Waals surface area (Å²) >= 11 is 7.72. The number of amides is 1. The lowest BCUT2D eigenvalue weighted by atomic mass is 10.3. The number of carbonyl (C=O) groups is 1. The van der Waals surface area contributed by atoms with E-state index in [2.05, 4.69) is 20.6 Å². The van der Waals surface area contributed by atoms with Gasteiger partial charge in [-0.3, -0.25) is 5.43 Å². The van der Waals surface area contributed by atoms with Gasteiger partial charge >= 0.3 is 6.09 Å². The number of carbonyl (C=O) groups excluding carboxylic acids is 1. The van der Waals surface area contributed by atoms with Crippen molar-refractivity contribution in [2.45, 2.75) is 9.92 Å². The highest BCUT2D eigenvalue weighted by Gasteiger charge is 2.14. The zero-order chi connectivity index (χ0) is 15.9. The van der Waals surface area contributed by atoms with Crippen LogP contribution in [0.1, 0.15) is 0 Å². The zero-order valence-corrected chi connectivity index (χ0v) is 13.5. The second kappa shape index (κ2) is 7.77. The first kappa shape index (κ1) is 16.3. The van der Waals surface area contributed by atoms with Crippen LogP contribution in [0.4, 0.5) is 10.5 Å². The van der Waals surface area contributed by atoms with E-state index in [1.807, 2.05) is 24.3 Å². The molecule has 6 nitrogen and oxygen atoms in total. The monoisotopic (exact) mass is 339 g/mol. The molecule has 1 aromatic carbocycles. The Bertz CT molecular complexity index is 655. The van der Waals surface area contributed by atoms with Gasteiger partial charge in [-0.15, -0.1) is 0 Å². The van der Waals surface area contributed by atoms with Gasteiger partial charge in [0.05, 0.1) is 24.8 Å². The molecule has 22 heavy (non-hydrogen) atoms. The first-order valence-corrected chi connectivity index (χ1v) is 7.40. The fraction of sp³-hybridized carbons (Fsp3) is 0.143. The average molecular weight is 340 g/mol. The van der Waals surface area contributed by atoms with Gasteiger partial charge in [0.1, 0.15) is 10.0 Å². The lowest BCUT2D eigenvalue weighted by molar-refractivity contribution is 0.173. The number of rotatable bonds is 5. The first-order chi connectivity index (χ1) is 10.7. The maximum absolute atomic E-state index is 11.1. The van der Waals surface area contributed by atoms with Gasteiger partial charge in [0.2, 0.25) is 0 Å². The predicted octanol–water partition coefficient (Wildman–Crippen LogP) is 3.58. The van der Waals surface area contributed by atoms with E-state index < -0.39 is 6.09 Å². The summed E-state index contributed by atoms with van der Waals surface area (Å²) in [5.41, 5.74) is 5.50. The molecule has 0 aliphatic rings. The van der Waals surface area contributed by atoms with Gasteiger partial charge in [0.15, 0.2) is 5.75 Å². The topological polar surface area (TPSA) is 72.5 Å². The number of nitrogens with zero attached hydrogens (tertiary/aromatic N) is 1. The Morgan fingerprint density at radius 2 is 2.09 bits per heavy atom. The highest BCUT2D eigenvalue weighted by atomic mass is 35.5. The van der Waals surface area contributed by atoms with E-state index in [0.29, 0.717) is 16.5 Å². The molecule has 2 aromatic rings. The number of benzene rings is 1. The molecule has 0 saturated heterocycles. The van der Waals surface area contributed by atoms with Gasteiger partial charge in [-0.05, 0) is 24.3 Å². The van der Waals surface area contributed by atoms with Crippen molar-refractivity contribution in [3.63, 3.8) is 0 Å². The minimum atomic E-state index is -0.623. The molecule has 0 fully saturated rings. The Morgan fingerprint density at radius 3 is 2.73 bits per heavy atom. The summed E-state index contributed by atoms with van der Waals surface area (Å²) in [7, 11) is 2.80. The van der Waals surface area contributed by atoms with Crippen LogP contribution in [-0.4, -0.2) is 25.3 Å². The van der Waals surface area contributed by atoms with E-state index in [1.54, 1.807) is 12.3 Å². The lowest BCUT2D eigenvalue weighted by Gasteiger charge is -2.14. The number of hydrazine groups is 1. The third-order valence-electron chi connectivity index (χ3n) is 2.60. The number of methoxy groups -OCH3 is 2. The van der Waals surface area contributed by atoms with E-state index in [9.17, 15) is 4.79 Å². The van der Waals surface area contributed by atoms with Gasteiger partial charge in [-0.1, -0.05) is 29.4 Å². The molecular weight excluding hydrogens is 326 g/mol. The summed E-state index contributed by atoms with van der Waals surface area (Å²) in [5, 5.41) is 1.17. The fourth-order valence-electron chi connectivity index (χ4n) is 1.59. The summed E-state index contributed by atoms with van der Waals surface area (Å²) in [4.78, 5) is 16.1. The zero-order valence-electron chi connectivity index (χ0n) is 11.9. The van der Waals surface area contributed by atoms with Crippen LogP contribution in [-0.2, 0) is 4.74 Å². The van der Waals surface area contributed by atoms with Gasteiger partial charge in [0, 0.05) is 6.20 Å². The SMILES string of the molecule is COC(=O)NNc1ccc(Sc2ccccn2)c(OC)c1Cl. The van der Waals surface area contributed by atoms with Gasteiger partial charge in [-0.2, -0.15) is 0 Å². The number of nitrogens with one attached hydrogen (secondary N) is 2. The molecular formula is C14H14ClN3O3S. The normalized spacial score (nSPS) is 9.95. The number of hydrogen-bond donors (Lipinski definition) is 2. The Morgan fingerprint density at radius 1 is 1.27 bits per heavy atom. The second-order valence-corrected chi connectivity index (χ2v) is 5.41. The number of halogens is 1. The highest BCUT2D eigenvalue weighted by molar-refractivity contribution is 7.99.